The zero-order valence-corrected chi connectivity index (χ0v) is 40.5. The van der Waals surface area contributed by atoms with Crippen LogP contribution in [0.3, 0.4) is 0 Å². The third-order valence-electron chi connectivity index (χ3n) is 6.42. The van der Waals surface area contributed by atoms with Gasteiger partial charge >= 0.3 is 105 Å². The zero-order chi connectivity index (χ0) is 33.3. The Balaban J connectivity index is 0.000000206. The first-order valence-electron chi connectivity index (χ1n) is 14.5. The smallest absolute Gasteiger partial charge is 0.416 e. The Bertz CT molecular complexity index is 855. The monoisotopic (exact) mass is 832 g/mol. The highest BCUT2D eigenvalue weighted by Crippen LogP contribution is 2.47. The Kier molecular flexibility index (Phi) is 9.08. The van der Waals surface area contributed by atoms with Gasteiger partial charge < -0.3 is 65.8 Å². The molecule has 0 aromatic carbocycles. The summed E-state index contributed by atoms with van der Waals surface area (Å²) >= 11 is 0. The van der Waals surface area contributed by atoms with Crippen molar-refractivity contribution in [2.45, 2.75) is 105 Å². The Hall–Kier alpha value is 1.96. The second-order valence-corrected chi connectivity index (χ2v) is 52.2. The van der Waals surface area contributed by atoms with Gasteiger partial charge in [0, 0.05) is 52.4 Å². The summed E-state index contributed by atoms with van der Waals surface area (Å²) in [5, 5.41) is 0. The lowest BCUT2D eigenvalue weighted by Gasteiger charge is -2.60. The second kappa shape index (κ2) is 10.7. The van der Waals surface area contributed by atoms with E-state index in [4.69, 9.17) is 65.8 Å². The summed E-state index contributed by atoms with van der Waals surface area (Å²) in [7, 11) is -35.6. The summed E-state index contributed by atoms with van der Waals surface area (Å²) in [4.78, 5) is 0. The highest BCUT2D eigenvalue weighted by Gasteiger charge is 2.78. The molecule has 0 saturated carbocycles. The maximum Gasteiger partial charge on any atom is 0.475 e. The van der Waals surface area contributed by atoms with Crippen LogP contribution in [-0.4, -0.2) is 105 Å². The van der Waals surface area contributed by atoms with Gasteiger partial charge in [-0.3, -0.25) is 0 Å². The maximum atomic E-state index is 6.39. The van der Waals surface area contributed by atoms with Crippen LogP contribution in [0.5, 0.6) is 0 Å². The molecule has 28 heteroatoms. The Labute approximate surface area is 274 Å². The maximum absolute atomic E-state index is 6.39. The molecule has 16 nitrogen and oxygen atoms in total. The minimum Gasteiger partial charge on any atom is -0.416 e. The van der Waals surface area contributed by atoms with Crippen LogP contribution in [0.25, 0.3) is 0 Å². The molecule has 0 spiro atoms. The van der Waals surface area contributed by atoms with E-state index in [1.165, 1.54) is 0 Å². The number of hydrogen-bond acceptors (Lipinski definition) is 16. The molecule has 7 heterocycles. The fourth-order valence-corrected chi connectivity index (χ4v) is 73.4. The molecule has 44 heavy (non-hydrogen) atoms. The summed E-state index contributed by atoms with van der Waals surface area (Å²) < 4.78 is 101. The topological polar surface area (TPSA) is 148 Å². The Morgan fingerprint density at radius 3 is 0.341 bits per heavy atom. The van der Waals surface area contributed by atoms with Gasteiger partial charge in [-0.05, 0) is 52.4 Å². The quantitative estimate of drug-likeness (QED) is 0.327. The normalized spacial score (nSPS) is 53.5. The van der Waals surface area contributed by atoms with E-state index >= 15 is 0 Å². The molecule has 0 radical (unpaired) electrons. The molecule has 0 aromatic heterocycles. The fourth-order valence-electron chi connectivity index (χ4n) is 6.99. The Morgan fingerprint density at radius 2 is 0.250 bits per heavy atom. The van der Waals surface area contributed by atoms with Crippen molar-refractivity contribution in [2.75, 3.05) is 0 Å². The lowest BCUT2D eigenvalue weighted by Crippen LogP contribution is -2.86. The van der Waals surface area contributed by atoms with Crippen molar-refractivity contribution in [1.82, 2.24) is 0 Å². The van der Waals surface area contributed by atoms with Crippen molar-refractivity contribution in [3.63, 3.8) is 0 Å². The first kappa shape index (κ1) is 37.2. The van der Waals surface area contributed by atoms with Crippen molar-refractivity contribution < 1.29 is 65.8 Å². The van der Waals surface area contributed by atoms with Gasteiger partial charge in [0.2, 0.25) is 0 Å². The summed E-state index contributed by atoms with van der Waals surface area (Å²) in [6, 6.07) is 0. The molecule has 0 unspecified atom stereocenters. The lowest BCUT2D eigenvalue weighted by atomic mass is 11.9. The molecule has 7 aliphatic heterocycles. The average molecular weight is 834 g/mol. The number of hydrogen-bond donors (Lipinski definition) is 0. The SMILES string of the molecule is C[Si]1(C)O[Si](C)(C)O[Si](C)(C)O[Si](C)(C)O1.C[Si]12O[Si]3(C)O[Si]4(C)O[Si](C)(O1)O[Si]1(C)O[Si](C)(O2)O[Si](C)(O3)O[Si](C)(O4)O1. The van der Waals surface area contributed by atoms with E-state index in [2.05, 4.69) is 52.4 Å². The molecule has 256 valence electrons. The zero-order valence-electron chi connectivity index (χ0n) is 28.5. The van der Waals surface area contributed by atoms with E-state index in [0.29, 0.717) is 0 Å². The van der Waals surface area contributed by atoms with E-state index in [-0.39, 0.29) is 0 Å². The molecule has 0 N–H and O–H groups in total. The molecule has 7 fully saturated rings. The first-order chi connectivity index (χ1) is 19.3. The molecule has 0 aliphatic carbocycles. The van der Waals surface area contributed by atoms with Crippen LogP contribution in [0.4, 0.5) is 0 Å². The Morgan fingerprint density at radius 1 is 0.159 bits per heavy atom. The van der Waals surface area contributed by atoms with E-state index in [1.54, 1.807) is 52.4 Å². The molecular weight excluding hydrogens is 785 g/mol. The molecular formula is C16H48O16Si12. The predicted molar refractivity (Wildman–Crippen MR) is 180 cm³/mol. The van der Waals surface area contributed by atoms with Crippen molar-refractivity contribution in [3.05, 3.63) is 0 Å². The summed E-state index contributed by atoms with van der Waals surface area (Å²) in [6.07, 6.45) is 0. The fraction of sp³-hybridized carbons (Fsp3) is 1.00. The van der Waals surface area contributed by atoms with Gasteiger partial charge in [0.1, 0.15) is 0 Å². The molecule has 8 bridgehead atoms. The predicted octanol–water partition coefficient (Wildman–Crippen LogP) is 3.68. The van der Waals surface area contributed by atoms with Gasteiger partial charge in [0.05, 0.1) is 0 Å². The van der Waals surface area contributed by atoms with E-state index < -0.39 is 105 Å². The van der Waals surface area contributed by atoms with Gasteiger partial charge in [0.15, 0.2) is 0 Å². The molecule has 0 aromatic rings. The third kappa shape index (κ3) is 8.46. The van der Waals surface area contributed by atoms with Gasteiger partial charge in [-0.25, -0.2) is 0 Å². The van der Waals surface area contributed by atoms with Gasteiger partial charge in [-0.1, -0.05) is 0 Å². The van der Waals surface area contributed by atoms with Crippen LogP contribution in [-0.2, 0) is 65.8 Å². The van der Waals surface area contributed by atoms with Crippen molar-refractivity contribution in [1.29, 1.82) is 0 Å². The third-order valence-corrected chi connectivity index (χ3v) is 57.7. The van der Waals surface area contributed by atoms with E-state index in [1.807, 2.05) is 0 Å². The largest absolute Gasteiger partial charge is 0.475 e. The molecule has 7 rings (SSSR count). The summed E-state index contributed by atoms with van der Waals surface area (Å²) in [5.41, 5.74) is 0. The van der Waals surface area contributed by atoms with Crippen molar-refractivity contribution >= 4 is 105 Å². The molecule has 0 atom stereocenters. The highest BCUT2D eigenvalue weighted by molar-refractivity contribution is 7.02. The van der Waals surface area contributed by atoms with Gasteiger partial charge in [0.25, 0.3) is 0 Å². The minimum absolute atomic E-state index is 1.75. The average Bonchev–Trinajstić information content (AvgIpc) is 2.53. The van der Waals surface area contributed by atoms with Crippen LogP contribution < -0.4 is 0 Å². The van der Waals surface area contributed by atoms with Crippen LogP contribution >= 0.6 is 0 Å². The summed E-state index contributed by atoms with van der Waals surface area (Å²) in [5.74, 6) is 0. The first-order valence-corrected chi connectivity index (χ1v) is 43.6. The molecule has 7 saturated heterocycles. The van der Waals surface area contributed by atoms with Crippen LogP contribution in [0.1, 0.15) is 0 Å². The molecule has 0 amide bonds. The standard InChI is InChI=1S/C8H24O12Si8.C8H24O4Si4/c1-21-9-22(2)12-25(5)14-23(3,10-21)16-27(7)17-24(4,11-21)15-26(6,13-22)19-28(8,18-25)20-27;1-13(2)9-14(3,4)11-16(7,8)12-15(5,6)10-13/h1-8H3;1-8H3. The van der Waals surface area contributed by atoms with Crippen LogP contribution in [0.15, 0.2) is 0 Å². The van der Waals surface area contributed by atoms with Gasteiger partial charge in [-0.15, -0.1) is 0 Å². The minimum atomic E-state index is -3.40. The summed E-state index contributed by atoms with van der Waals surface area (Å²) in [6.45, 7) is 30.6. The van der Waals surface area contributed by atoms with E-state index in [9.17, 15) is 0 Å². The lowest BCUT2D eigenvalue weighted by molar-refractivity contribution is -0.0175. The van der Waals surface area contributed by atoms with Crippen molar-refractivity contribution in [3.8, 4) is 0 Å². The second-order valence-electron chi connectivity index (χ2n) is 14.1. The molecule has 7 aliphatic rings. The number of rotatable bonds is 0. The van der Waals surface area contributed by atoms with Crippen LogP contribution in [0, 0.1) is 0 Å². The van der Waals surface area contributed by atoms with Crippen molar-refractivity contribution in [2.24, 2.45) is 0 Å². The highest BCUT2D eigenvalue weighted by atomic mass is 28.6. The van der Waals surface area contributed by atoms with Gasteiger partial charge in [-0.2, -0.15) is 0 Å². The van der Waals surface area contributed by atoms with E-state index in [0.717, 1.165) is 0 Å². The van der Waals surface area contributed by atoms with Crippen LogP contribution in [0.2, 0.25) is 105 Å².